The van der Waals surface area contributed by atoms with Crippen LogP contribution in [-0.2, 0) is 9.59 Å². The molecule has 12 heavy (non-hydrogen) atoms. The van der Waals surface area contributed by atoms with E-state index in [1.807, 2.05) is 0 Å². The first-order chi connectivity index (χ1) is 5.61. The Morgan fingerprint density at radius 1 is 1.42 bits per heavy atom. The van der Waals surface area contributed by atoms with Crippen molar-refractivity contribution in [3.63, 3.8) is 0 Å². The second-order valence-electron chi connectivity index (χ2n) is 2.61. The SMILES string of the molecule is O=C(O)[C@H]1CCC(O)C1.O=CO. The number of carboxylic acids is 1. The van der Waals surface area contributed by atoms with Crippen molar-refractivity contribution in [2.75, 3.05) is 0 Å². The first-order valence-electron chi connectivity index (χ1n) is 3.60. The van der Waals surface area contributed by atoms with E-state index in [4.69, 9.17) is 20.1 Å². The summed E-state index contributed by atoms with van der Waals surface area (Å²) in [6.45, 7) is -0.250. The van der Waals surface area contributed by atoms with E-state index in [2.05, 4.69) is 0 Å². The largest absolute Gasteiger partial charge is 0.483 e. The lowest BCUT2D eigenvalue weighted by Crippen LogP contribution is -2.10. The fourth-order valence-electron chi connectivity index (χ4n) is 1.18. The van der Waals surface area contributed by atoms with Crippen molar-refractivity contribution >= 4 is 12.4 Å². The quantitative estimate of drug-likeness (QED) is 0.486. The Hall–Kier alpha value is -1.10. The van der Waals surface area contributed by atoms with E-state index in [0.717, 1.165) is 0 Å². The summed E-state index contributed by atoms with van der Waals surface area (Å²) in [6.07, 6.45) is 1.36. The second-order valence-corrected chi connectivity index (χ2v) is 2.61. The number of rotatable bonds is 1. The Labute approximate surface area is 69.6 Å². The molecule has 70 valence electrons. The third kappa shape index (κ3) is 3.92. The Morgan fingerprint density at radius 2 is 1.92 bits per heavy atom. The maximum atomic E-state index is 10.2. The van der Waals surface area contributed by atoms with E-state index >= 15 is 0 Å². The van der Waals surface area contributed by atoms with E-state index in [1.165, 1.54) is 0 Å². The molecule has 0 bridgehead atoms. The third-order valence-corrected chi connectivity index (χ3v) is 1.75. The van der Waals surface area contributed by atoms with Crippen molar-refractivity contribution in [3.05, 3.63) is 0 Å². The zero-order valence-electron chi connectivity index (χ0n) is 6.51. The van der Waals surface area contributed by atoms with Crippen LogP contribution in [-0.4, -0.2) is 33.9 Å². The van der Waals surface area contributed by atoms with Crippen LogP contribution in [0, 0.1) is 5.92 Å². The van der Waals surface area contributed by atoms with Gasteiger partial charge in [-0.15, -0.1) is 0 Å². The summed E-state index contributed by atoms with van der Waals surface area (Å²) in [5, 5.41) is 24.2. The van der Waals surface area contributed by atoms with Gasteiger partial charge in [0, 0.05) is 0 Å². The highest BCUT2D eigenvalue weighted by Crippen LogP contribution is 2.24. The number of carboxylic acid groups (broad SMARTS) is 2. The number of aliphatic hydroxyl groups excluding tert-OH is 1. The van der Waals surface area contributed by atoms with Crippen LogP contribution in [0.5, 0.6) is 0 Å². The minimum atomic E-state index is -0.772. The molecule has 0 amide bonds. The zero-order valence-corrected chi connectivity index (χ0v) is 6.51. The number of hydrogen-bond acceptors (Lipinski definition) is 3. The van der Waals surface area contributed by atoms with Gasteiger partial charge < -0.3 is 15.3 Å². The van der Waals surface area contributed by atoms with E-state index in [1.54, 1.807) is 0 Å². The lowest BCUT2D eigenvalue weighted by molar-refractivity contribution is -0.141. The topological polar surface area (TPSA) is 94.8 Å². The summed E-state index contributed by atoms with van der Waals surface area (Å²) in [5.41, 5.74) is 0. The van der Waals surface area contributed by atoms with Gasteiger partial charge in [0.2, 0.25) is 0 Å². The van der Waals surface area contributed by atoms with Crippen LogP contribution >= 0.6 is 0 Å². The van der Waals surface area contributed by atoms with Gasteiger partial charge in [-0.25, -0.2) is 0 Å². The van der Waals surface area contributed by atoms with Gasteiger partial charge in [-0.3, -0.25) is 9.59 Å². The smallest absolute Gasteiger partial charge is 0.306 e. The third-order valence-electron chi connectivity index (χ3n) is 1.75. The first-order valence-corrected chi connectivity index (χ1v) is 3.60. The summed E-state index contributed by atoms with van der Waals surface area (Å²) < 4.78 is 0. The number of aliphatic hydroxyl groups is 1. The molecule has 0 saturated heterocycles. The summed E-state index contributed by atoms with van der Waals surface area (Å²) in [4.78, 5) is 18.6. The van der Waals surface area contributed by atoms with Gasteiger partial charge in [0.1, 0.15) is 0 Å². The minimum absolute atomic E-state index is 0.250. The van der Waals surface area contributed by atoms with Gasteiger partial charge in [0.05, 0.1) is 12.0 Å². The van der Waals surface area contributed by atoms with Crippen LogP contribution < -0.4 is 0 Å². The highest BCUT2D eigenvalue weighted by molar-refractivity contribution is 5.70. The molecule has 1 fully saturated rings. The van der Waals surface area contributed by atoms with Crippen LogP contribution in [0.2, 0.25) is 0 Å². The molecule has 1 saturated carbocycles. The van der Waals surface area contributed by atoms with Crippen LogP contribution in [0.25, 0.3) is 0 Å². The molecule has 1 aliphatic rings. The molecule has 2 atom stereocenters. The Bertz CT molecular complexity index is 156. The molecular weight excluding hydrogens is 164 g/mol. The van der Waals surface area contributed by atoms with Crippen LogP contribution in [0.1, 0.15) is 19.3 Å². The van der Waals surface area contributed by atoms with E-state index < -0.39 is 5.97 Å². The van der Waals surface area contributed by atoms with Crippen molar-refractivity contribution in [2.24, 2.45) is 5.92 Å². The molecule has 1 aliphatic carbocycles. The molecule has 0 aromatic heterocycles. The van der Waals surface area contributed by atoms with Crippen LogP contribution in [0.15, 0.2) is 0 Å². The van der Waals surface area contributed by atoms with Crippen molar-refractivity contribution < 1.29 is 24.9 Å². The zero-order chi connectivity index (χ0) is 9.56. The molecule has 1 rings (SSSR count). The van der Waals surface area contributed by atoms with Crippen LogP contribution in [0.4, 0.5) is 0 Å². The average molecular weight is 176 g/mol. The molecule has 5 nitrogen and oxygen atoms in total. The Balaban J connectivity index is 0.000000354. The van der Waals surface area contributed by atoms with Gasteiger partial charge >= 0.3 is 5.97 Å². The molecule has 0 aliphatic heterocycles. The Kier molecular flexibility index (Phi) is 5.03. The molecule has 3 N–H and O–H groups in total. The molecule has 0 heterocycles. The highest BCUT2D eigenvalue weighted by atomic mass is 16.4. The molecule has 5 heteroatoms. The van der Waals surface area contributed by atoms with E-state index in [0.29, 0.717) is 19.3 Å². The maximum absolute atomic E-state index is 10.2. The summed E-state index contributed by atoms with van der Waals surface area (Å²) >= 11 is 0. The highest BCUT2D eigenvalue weighted by Gasteiger charge is 2.27. The lowest BCUT2D eigenvalue weighted by atomic mass is 10.1. The average Bonchev–Trinajstić information content (AvgIpc) is 2.37. The van der Waals surface area contributed by atoms with Gasteiger partial charge in [-0.05, 0) is 19.3 Å². The van der Waals surface area contributed by atoms with Crippen molar-refractivity contribution in [2.45, 2.75) is 25.4 Å². The normalized spacial score (nSPS) is 27.1. The Morgan fingerprint density at radius 3 is 2.08 bits per heavy atom. The maximum Gasteiger partial charge on any atom is 0.306 e. The van der Waals surface area contributed by atoms with Crippen molar-refractivity contribution in [1.82, 2.24) is 0 Å². The molecule has 0 aromatic rings. The van der Waals surface area contributed by atoms with Gasteiger partial charge in [0.15, 0.2) is 0 Å². The minimum Gasteiger partial charge on any atom is -0.483 e. The first kappa shape index (κ1) is 10.9. The second kappa shape index (κ2) is 5.54. The number of carbonyl (C=O) groups is 2. The fraction of sp³-hybridized carbons (Fsp3) is 0.714. The number of hydrogen-bond donors (Lipinski definition) is 3. The molecule has 0 aromatic carbocycles. The van der Waals surface area contributed by atoms with Gasteiger partial charge in [-0.1, -0.05) is 0 Å². The van der Waals surface area contributed by atoms with Gasteiger partial charge in [-0.2, -0.15) is 0 Å². The molecule has 1 unspecified atom stereocenters. The van der Waals surface area contributed by atoms with E-state index in [9.17, 15) is 4.79 Å². The molecular formula is C7H12O5. The van der Waals surface area contributed by atoms with E-state index in [-0.39, 0.29) is 18.5 Å². The van der Waals surface area contributed by atoms with Crippen LogP contribution in [0.3, 0.4) is 0 Å². The summed E-state index contributed by atoms with van der Waals surface area (Å²) in [5.74, 6) is -1.06. The molecule has 0 spiro atoms. The predicted molar refractivity (Wildman–Crippen MR) is 39.7 cm³/mol. The van der Waals surface area contributed by atoms with Gasteiger partial charge in [0.25, 0.3) is 6.47 Å². The molecule has 0 radical (unpaired) electrons. The standard InChI is InChI=1S/C6H10O3.CH2O2/c7-5-2-1-4(3-5)6(8)9;2-1-3/h4-5,7H,1-3H2,(H,8,9);1H,(H,2,3)/t4-,5?;/m0./s1. The van der Waals surface area contributed by atoms with Crippen molar-refractivity contribution in [1.29, 1.82) is 0 Å². The lowest BCUT2D eigenvalue weighted by Gasteiger charge is -1.99. The monoisotopic (exact) mass is 176 g/mol. The summed E-state index contributed by atoms with van der Waals surface area (Å²) in [7, 11) is 0. The fourth-order valence-corrected chi connectivity index (χ4v) is 1.18. The predicted octanol–water partition coefficient (Wildman–Crippen LogP) is -0.0672. The summed E-state index contributed by atoms with van der Waals surface area (Å²) in [6, 6.07) is 0. The number of aliphatic carboxylic acids is 1. The van der Waals surface area contributed by atoms with Crippen molar-refractivity contribution in [3.8, 4) is 0 Å².